The zero-order chi connectivity index (χ0) is 21.6. The third kappa shape index (κ3) is 7.18. The van der Waals surface area contributed by atoms with Crippen molar-refractivity contribution in [1.29, 1.82) is 0 Å². The predicted octanol–water partition coefficient (Wildman–Crippen LogP) is 3.01. The second-order valence-corrected chi connectivity index (χ2v) is 8.24. The van der Waals surface area contributed by atoms with Gasteiger partial charge in [-0.25, -0.2) is 4.79 Å². The summed E-state index contributed by atoms with van der Waals surface area (Å²) in [7, 11) is 0. The lowest BCUT2D eigenvalue weighted by atomic mass is 10.1. The molecule has 0 aromatic heterocycles. The van der Waals surface area contributed by atoms with Gasteiger partial charge in [-0.2, -0.15) is 0 Å². The second-order valence-electron chi connectivity index (χ2n) is 8.24. The largest absolute Gasteiger partial charge is 0.444 e. The summed E-state index contributed by atoms with van der Waals surface area (Å²) >= 11 is 0. The third-order valence-corrected chi connectivity index (χ3v) is 4.37. The minimum Gasteiger partial charge on any atom is -0.444 e. The molecule has 2 amide bonds. The monoisotopic (exact) mass is 400 g/mol. The molecule has 1 heterocycles. The lowest BCUT2D eigenvalue weighted by Gasteiger charge is -2.40. The number of anilines is 1. The molecule has 2 rings (SSSR count). The van der Waals surface area contributed by atoms with Crippen LogP contribution in [0, 0.1) is 0 Å². The Kier molecular flexibility index (Phi) is 7.31. The molecule has 0 aliphatic carbocycles. The van der Waals surface area contributed by atoms with Crippen LogP contribution in [-0.4, -0.2) is 47.7 Å². The van der Waals surface area contributed by atoms with Crippen LogP contribution in [0.4, 0.5) is 10.5 Å². The van der Waals surface area contributed by atoms with Crippen molar-refractivity contribution in [2.75, 3.05) is 18.4 Å². The summed E-state index contributed by atoms with van der Waals surface area (Å²) in [6.07, 6.45) is 1.30. The van der Waals surface area contributed by atoms with E-state index in [1.807, 2.05) is 45.0 Å². The van der Waals surface area contributed by atoms with Gasteiger partial charge in [0.05, 0.1) is 6.04 Å². The summed E-state index contributed by atoms with van der Waals surface area (Å²) in [5, 5.41) is 9.25. The molecule has 0 saturated carbocycles. The Morgan fingerprint density at radius 2 is 1.90 bits per heavy atom. The third-order valence-electron chi connectivity index (χ3n) is 4.37. The maximum absolute atomic E-state index is 12.1. The number of hydrogen-bond donors (Lipinski definition) is 3. The van der Waals surface area contributed by atoms with Gasteiger partial charge in [0.25, 0.3) is 0 Å². The van der Waals surface area contributed by atoms with Gasteiger partial charge < -0.3 is 25.6 Å². The molecular formula is C22H32N4O3. The van der Waals surface area contributed by atoms with Gasteiger partial charge in [0.2, 0.25) is 5.91 Å². The van der Waals surface area contributed by atoms with Crippen LogP contribution in [0.25, 0.3) is 0 Å². The first-order valence-electron chi connectivity index (χ1n) is 9.76. The summed E-state index contributed by atoms with van der Waals surface area (Å²) < 4.78 is 5.36. The standard InChI is InChI=1S/C22H32N4O3/c1-7-15(2)24-16(3)20(27)23-12-17-8-10-18(11-9-17)25-19-13-26(14-19)21(28)29-22(4,5)6/h7-11,16,19,24-25H,1-2,12-14H2,3-6H3,(H,23,27). The lowest BCUT2D eigenvalue weighted by Crippen LogP contribution is -2.57. The van der Waals surface area contributed by atoms with Crippen molar-refractivity contribution in [3.8, 4) is 0 Å². The normalized spacial score (nSPS) is 15.0. The molecule has 0 radical (unpaired) electrons. The topological polar surface area (TPSA) is 82.7 Å². The fourth-order valence-electron chi connectivity index (χ4n) is 2.74. The summed E-state index contributed by atoms with van der Waals surface area (Å²) in [4.78, 5) is 25.7. The van der Waals surface area contributed by atoms with E-state index < -0.39 is 5.60 Å². The number of carbonyl (C=O) groups is 2. The van der Waals surface area contributed by atoms with Crippen LogP contribution in [0.1, 0.15) is 33.3 Å². The van der Waals surface area contributed by atoms with Crippen molar-refractivity contribution in [3.05, 3.63) is 54.8 Å². The molecule has 3 N–H and O–H groups in total. The number of amides is 2. The number of ether oxygens (including phenoxy) is 1. The molecule has 29 heavy (non-hydrogen) atoms. The number of hydrogen-bond acceptors (Lipinski definition) is 5. The maximum Gasteiger partial charge on any atom is 0.410 e. The average Bonchev–Trinajstić information content (AvgIpc) is 2.61. The zero-order valence-electron chi connectivity index (χ0n) is 17.7. The zero-order valence-corrected chi connectivity index (χ0v) is 17.7. The number of nitrogens with zero attached hydrogens (tertiary/aromatic N) is 1. The molecule has 1 fully saturated rings. The second kappa shape index (κ2) is 9.49. The fourth-order valence-corrected chi connectivity index (χ4v) is 2.74. The van der Waals surface area contributed by atoms with Crippen LogP contribution >= 0.6 is 0 Å². The Hall–Kier alpha value is -2.96. The number of nitrogens with one attached hydrogen (secondary N) is 3. The van der Waals surface area contributed by atoms with Crippen molar-refractivity contribution in [3.63, 3.8) is 0 Å². The Labute approximate surface area is 173 Å². The number of allylic oxidation sites excluding steroid dienone is 1. The van der Waals surface area contributed by atoms with E-state index in [9.17, 15) is 9.59 Å². The minimum absolute atomic E-state index is 0.105. The molecule has 7 heteroatoms. The fraction of sp³-hybridized carbons (Fsp3) is 0.455. The molecule has 1 atom stereocenters. The molecule has 1 aromatic carbocycles. The van der Waals surface area contributed by atoms with Gasteiger partial charge in [-0.3, -0.25) is 4.79 Å². The van der Waals surface area contributed by atoms with Gasteiger partial charge in [0, 0.05) is 31.0 Å². The van der Waals surface area contributed by atoms with E-state index in [-0.39, 0.29) is 24.1 Å². The predicted molar refractivity (Wildman–Crippen MR) is 115 cm³/mol. The first-order valence-corrected chi connectivity index (χ1v) is 9.76. The molecular weight excluding hydrogens is 368 g/mol. The van der Waals surface area contributed by atoms with Crippen molar-refractivity contribution >= 4 is 17.7 Å². The van der Waals surface area contributed by atoms with E-state index in [1.165, 1.54) is 0 Å². The molecule has 1 saturated heterocycles. The lowest BCUT2D eigenvalue weighted by molar-refractivity contribution is -0.122. The highest BCUT2D eigenvalue weighted by Crippen LogP contribution is 2.19. The molecule has 7 nitrogen and oxygen atoms in total. The number of likely N-dealkylation sites (tertiary alicyclic amines) is 1. The van der Waals surface area contributed by atoms with Gasteiger partial charge in [0.15, 0.2) is 0 Å². The highest BCUT2D eigenvalue weighted by atomic mass is 16.6. The number of carbonyl (C=O) groups excluding carboxylic acids is 2. The van der Waals surface area contributed by atoms with Crippen molar-refractivity contribution in [1.82, 2.24) is 15.5 Å². The summed E-state index contributed by atoms with van der Waals surface area (Å²) in [6.45, 7) is 16.4. The summed E-state index contributed by atoms with van der Waals surface area (Å²) in [6, 6.07) is 7.70. The molecule has 1 aromatic rings. The van der Waals surface area contributed by atoms with Crippen LogP contribution in [-0.2, 0) is 16.1 Å². The Balaban J connectivity index is 1.73. The molecule has 1 unspecified atom stereocenters. The minimum atomic E-state index is -0.478. The van der Waals surface area contributed by atoms with Gasteiger partial charge in [-0.15, -0.1) is 0 Å². The van der Waals surface area contributed by atoms with Crippen molar-refractivity contribution in [2.45, 2.75) is 51.9 Å². The van der Waals surface area contributed by atoms with E-state index in [0.29, 0.717) is 25.3 Å². The van der Waals surface area contributed by atoms with E-state index in [4.69, 9.17) is 4.74 Å². The first-order chi connectivity index (χ1) is 13.6. The van der Waals surface area contributed by atoms with E-state index in [2.05, 4.69) is 29.1 Å². The smallest absolute Gasteiger partial charge is 0.410 e. The molecule has 0 spiro atoms. The van der Waals surface area contributed by atoms with Crippen molar-refractivity contribution in [2.24, 2.45) is 0 Å². The maximum atomic E-state index is 12.1. The van der Waals surface area contributed by atoms with Gasteiger partial charge in [0.1, 0.15) is 11.6 Å². The van der Waals surface area contributed by atoms with Crippen LogP contribution in [0.15, 0.2) is 49.2 Å². The Bertz CT molecular complexity index is 746. The number of rotatable bonds is 8. The van der Waals surface area contributed by atoms with Gasteiger partial charge in [-0.05, 0) is 51.5 Å². The quantitative estimate of drug-likeness (QED) is 0.585. The highest BCUT2D eigenvalue weighted by Gasteiger charge is 2.33. The van der Waals surface area contributed by atoms with Crippen LogP contribution < -0.4 is 16.0 Å². The molecule has 1 aliphatic heterocycles. The SMILES string of the molecule is C=CC(=C)NC(C)C(=O)NCc1ccc(NC2CN(C(=O)OC(C)(C)C)C2)cc1. The molecule has 158 valence electrons. The summed E-state index contributed by atoms with van der Waals surface area (Å²) in [5.74, 6) is -0.105. The molecule has 1 aliphatic rings. The van der Waals surface area contributed by atoms with Gasteiger partial charge in [-0.1, -0.05) is 25.3 Å². The molecule has 0 bridgehead atoms. The Morgan fingerprint density at radius 3 is 2.45 bits per heavy atom. The van der Waals surface area contributed by atoms with Gasteiger partial charge >= 0.3 is 6.09 Å². The summed E-state index contributed by atoms with van der Waals surface area (Å²) in [5.41, 5.74) is 2.12. The Morgan fingerprint density at radius 1 is 1.28 bits per heavy atom. The van der Waals surface area contributed by atoms with Crippen LogP contribution in [0.2, 0.25) is 0 Å². The average molecular weight is 401 g/mol. The van der Waals surface area contributed by atoms with Crippen LogP contribution in [0.5, 0.6) is 0 Å². The van der Waals surface area contributed by atoms with E-state index in [0.717, 1.165) is 11.3 Å². The van der Waals surface area contributed by atoms with Crippen LogP contribution in [0.3, 0.4) is 0 Å². The van der Waals surface area contributed by atoms with E-state index >= 15 is 0 Å². The first kappa shape index (κ1) is 22.3. The van der Waals surface area contributed by atoms with E-state index in [1.54, 1.807) is 17.9 Å². The number of benzene rings is 1. The van der Waals surface area contributed by atoms with Crippen molar-refractivity contribution < 1.29 is 14.3 Å². The highest BCUT2D eigenvalue weighted by molar-refractivity contribution is 5.81.